The normalized spacial score (nSPS) is 9.06. The number of benzene rings is 1. The zero-order valence-corrected chi connectivity index (χ0v) is 8.99. The average Bonchev–Trinajstić information content (AvgIpc) is 2.25. The molecule has 0 aromatic heterocycles. The number of hydrogen-bond acceptors (Lipinski definition) is 3. The van der Waals surface area contributed by atoms with Crippen molar-refractivity contribution in [2.45, 2.75) is 0 Å². The molecule has 0 unspecified atom stereocenters. The summed E-state index contributed by atoms with van der Waals surface area (Å²) in [6.45, 7) is 0. The van der Waals surface area contributed by atoms with Crippen molar-refractivity contribution >= 4 is 24.6 Å². The maximum atomic E-state index is 10.7. The van der Waals surface area contributed by atoms with E-state index in [-0.39, 0.29) is 11.1 Å². The van der Waals surface area contributed by atoms with E-state index < -0.39 is 11.9 Å². The van der Waals surface area contributed by atoms with Crippen molar-refractivity contribution in [3.8, 4) is 11.8 Å². The molecule has 1 rings (SSSR count). The number of thiol groups is 1. The smallest absolute Gasteiger partial charge is 0.335 e. The second-order valence-electron chi connectivity index (χ2n) is 2.87. The van der Waals surface area contributed by atoms with Crippen LogP contribution in [0.2, 0.25) is 0 Å². The van der Waals surface area contributed by atoms with Crippen LogP contribution in [0.15, 0.2) is 18.2 Å². The first-order chi connectivity index (χ1) is 7.54. The first-order valence-electron chi connectivity index (χ1n) is 4.26. The van der Waals surface area contributed by atoms with Crippen LogP contribution in [0.5, 0.6) is 0 Å². The van der Waals surface area contributed by atoms with E-state index in [2.05, 4.69) is 24.5 Å². The third-order valence-electron chi connectivity index (χ3n) is 1.74. The molecular weight excluding hydrogens is 228 g/mol. The lowest BCUT2D eigenvalue weighted by Gasteiger charge is -1.99. The van der Waals surface area contributed by atoms with E-state index in [0.717, 1.165) is 6.07 Å². The van der Waals surface area contributed by atoms with Gasteiger partial charge in [0.1, 0.15) is 0 Å². The molecule has 0 atom stereocenters. The standard InChI is InChI=1S/C11H8O4S/c12-10(13)8-4-7(2-1-3-16)5-9(6-8)11(14)15/h4-6,16H,3H2,(H,12,13)(H,14,15). The van der Waals surface area contributed by atoms with Gasteiger partial charge in [0.2, 0.25) is 0 Å². The van der Waals surface area contributed by atoms with Crippen LogP contribution in [0.3, 0.4) is 0 Å². The van der Waals surface area contributed by atoms with E-state index >= 15 is 0 Å². The summed E-state index contributed by atoms with van der Waals surface area (Å²) in [5.74, 6) is 3.21. The number of aromatic carboxylic acids is 2. The van der Waals surface area contributed by atoms with E-state index in [1.807, 2.05) is 0 Å². The Hall–Kier alpha value is -1.93. The SMILES string of the molecule is O=C(O)c1cc(C#CCS)cc(C(=O)O)c1. The molecule has 1 aromatic rings. The van der Waals surface area contributed by atoms with Gasteiger partial charge in [-0.25, -0.2) is 9.59 Å². The first kappa shape index (κ1) is 12.1. The van der Waals surface area contributed by atoms with Crippen LogP contribution in [-0.4, -0.2) is 27.9 Å². The molecule has 0 saturated carbocycles. The predicted octanol–water partition coefficient (Wildman–Crippen LogP) is 1.36. The molecule has 0 bridgehead atoms. The van der Waals surface area contributed by atoms with Gasteiger partial charge in [0.15, 0.2) is 0 Å². The topological polar surface area (TPSA) is 74.6 Å². The van der Waals surface area contributed by atoms with Crippen LogP contribution in [0.25, 0.3) is 0 Å². The molecule has 0 fully saturated rings. The molecule has 82 valence electrons. The molecule has 1 aromatic carbocycles. The van der Waals surface area contributed by atoms with Gasteiger partial charge in [0, 0.05) is 5.56 Å². The lowest BCUT2D eigenvalue weighted by Crippen LogP contribution is -2.03. The number of carbonyl (C=O) groups is 2. The molecule has 0 heterocycles. The van der Waals surface area contributed by atoms with Crippen molar-refractivity contribution in [1.82, 2.24) is 0 Å². The Morgan fingerprint density at radius 2 is 1.62 bits per heavy atom. The van der Waals surface area contributed by atoms with Gasteiger partial charge in [0.25, 0.3) is 0 Å². The van der Waals surface area contributed by atoms with Gasteiger partial charge in [-0.3, -0.25) is 0 Å². The van der Waals surface area contributed by atoms with Crippen molar-refractivity contribution < 1.29 is 19.8 Å². The summed E-state index contributed by atoms with van der Waals surface area (Å²) >= 11 is 3.88. The average molecular weight is 236 g/mol. The van der Waals surface area contributed by atoms with E-state index in [0.29, 0.717) is 11.3 Å². The van der Waals surface area contributed by atoms with Crippen molar-refractivity contribution in [3.05, 3.63) is 34.9 Å². The van der Waals surface area contributed by atoms with E-state index in [4.69, 9.17) is 10.2 Å². The van der Waals surface area contributed by atoms with Gasteiger partial charge in [-0.15, -0.1) is 0 Å². The molecule has 0 aliphatic carbocycles. The van der Waals surface area contributed by atoms with Gasteiger partial charge < -0.3 is 10.2 Å². The molecule has 0 saturated heterocycles. The van der Waals surface area contributed by atoms with Gasteiger partial charge in [-0.1, -0.05) is 11.8 Å². The summed E-state index contributed by atoms with van der Waals surface area (Å²) in [6.07, 6.45) is 0. The van der Waals surface area contributed by atoms with Crippen molar-refractivity contribution in [2.75, 3.05) is 5.75 Å². The second kappa shape index (κ2) is 5.24. The maximum Gasteiger partial charge on any atom is 0.335 e. The Kier molecular flexibility index (Phi) is 3.97. The number of carboxylic acids is 2. The Morgan fingerprint density at radius 1 is 1.12 bits per heavy atom. The maximum absolute atomic E-state index is 10.7. The van der Waals surface area contributed by atoms with E-state index in [1.165, 1.54) is 12.1 Å². The molecule has 0 aliphatic rings. The molecule has 0 radical (unpaired) electrons. The summed E-state index contributed by atoms with van der Waals surface area (Å²) in [6, 6.07) is 3.74. The fourth-order valence-corrected chi connectivity index (χ4v) is 1.17. The van der Waals surface area contributed by atoms with Crippen LogP contribution in [0.4, 0.5) is 0 Å². The lowest BCUT2D eigenvalue weighted by atomic mass is 10.1. The minimum atomic E-state index is -1.18. The zero-order chi connectivity index (χ0) is 12.1. The quantitative estimate of drug-likeness (QED) is 0.535. The Morgan fingerprint density at radius 3 is 2.00 bits per heavy atom. The molecule has 4 nitrogen and oxygen atoms in total. The van der Waals surface area contributed by atoms with Crippen LogP contribution in [0.1, 0.15) is 26.3 Å². The molecule has 0 aliphatic heterocycles. The fraction of sp³-hybridized carbons (Fsp3) is 0.0909. The third-order valence-corrected chi connectivity index (χ3v) is 1.90. The van der Waals surface area contributed by atoms with Gasteiger partial charge in [-0.2, -0.15) is 12.6 Å². The highest BCUT2D eigenvalue weighted by atomic mass is 32.1. The molecule has 0 amide bonds. The summed E-state index contributed by atoms with van der Waals surface area (Å²) in [5.41, 5.74) is 0.165. The Labute approximate surface area is 97.3 Å². The van der Waals surface area contributed by atoms with E-state index in [9.17, 15) is 9.59 Å². The van der Waals surface area contributed by atoms with Crippen molar-refractivity contribution in [2.24, 2.45) is 0 Å². The van der Waals surface area contributed by atoms with Gasteiger partial charge >= 0.3 is 11.9 Å². The van der Waals surface area contributed by atoms with E-state index in [1.54, 1.807) is 0 Å². The minimum Gasteiger partial charge on any atom is -0.478 e. The second-order valence-corrected chi connectivity index (χ2v) is 3.19. The predicted molar refractivity (Wildman–Crippen MR) is 61.1 cm³/mol. The van der Waals surface area contributed by atoms with Gasteiger partial charge in [0.05, 0.1) is 16.9 Å². The Bertz CT molecular complexity index is 464. The molecular formula is C11H8O4S. The summed E-state index contributed by atoms with van der Waals surface area (Å²) in [4.78, 5) is 21.5. The summed E-state index contributed by atoms with van der Waals surface area (Å²) in [5, 5.41) is 17.6. The zero-order valence-electron chi connectivity index (χ0n) is 8.10. The Balaban J connectivity index is 3.29. The van der Waals surface area contributed by atoms with Crippen LogP contribution in [-0.2, 0) is 0 Å². The highest BCUT2D eigenvalue weighted by Crippen LogP contribution is 2.10. The largest absolute Gasteiger partial charge is 0.478 e. The van der Waals surface area contributed by atoms with Crippen LogP contribution >= 0.6 is 12.6 Å². The minimum absolute atomic E-state index is 0.0941. The molecule has 5 heteroatoms. The summed E-state index contributed by atoms with van der Waals surface area (Å²) < 4.78 is 0. The fourth-order valence-electron chi connectivity index (χ4n) is 1.09. The third kappa shape index (κ3) is 3.04. The van der Waals surface area contributed by atoms with Crippen molar-refractivity contribution in [3.63, 3.8) is 0 Å². The molecule has 16 heavy (non-hydrogen) atoms. The van der Waals surface area contributed by atoms with Gasteiger partial charge in [-0.05, 0) is 18.2 Å². The molecule has 2 N–H and O–H groups in total. The number of rotatable bonds is 2. The first-order valence-corrected chi connectivity index (χ1v) is 4.89. The monoisotopic (exact) mass is 236 g/mol. The van der Waals surface area contributed by atoms with Crippen LogP contribution < -0.4 is 0 Å². The van der Waals surface area contributed by atoms with Crippen molar-refractivity contribution in [1.29, 1.82) is 0 Å². The summed E-state index contributed by atoms with van der Waals surface area (Å²) in [7, 11) is 0. The molecule has 0 spiro atoms. The highest BCUT2D eigenvalue weighted by molar-refractivity contribution is 7.80. The number of carboxylic acid groups (broad SMARTS) is 2. The van der Waals surface area contributed by atoms with Crippen LogP contribution in [0, 0.1) is 11.8 Å². The highest BCUT2D eigenvalue weighted by Gasteiger charge is 2.10. The lowest BCUT2D eigenvalue weighted by molar-refractivity contribution is 0.0696. The number of hydrogen-bond donors (Lipinski definition) is 3.